The van der Waals surface area contributed by atoms with Crippen LogP contribution in [0.2, 0.25) is 4.13 Å². The summed E-state index contributed by atoms with van der Waals surface area (Å²) in [6.45, 7) is 4.30. The molecule has 0 aromatic carbocycles. The fraction of sp³-hybridized carbons (Fsp3) is 0.429. The van der Waals surface area contributed by atoms with Crippen molar-refractivity contribution in [2.24, 2.45) is 0 Å². The molecule has 0 spiro atoms. The largest absolute Gasteiger partial charge is 1.00 e. The molecule has 63 valence electrons. The van der Waals surface area contributed by atoms with E-state index >= 15 is 0 Å². The molecule has 0 amide bonds. The van der Waals surface area contributed by atoms with E-state index in [2.05, 4.69) is 49.5 Å². The van der Waals surface area contributed by atoms with E-state index in [4.69, 9.17) is 0 Å². The zero-order chi connectivity index (χ0) is 6.20. The standard InChI is InChI=1S/C7H9.3ClH.V/c1-6-3-4-7(2)5-6;;;;/h3-5H,1-2H3;3*1H;/q;;;;+3/p-3. The molecule has 0 fully saturated rings. The fourth-order valence-corrected chi connectivity index (χ4v) is 1.29. The minimum Gasteiger partial charge on any atom is -1.00 e. The van der Waals surface area contributed by atoms with Crippen LogP contribution in [0, 0.1) is 0 Å². The zero-order valence-electron chi connectivity index (χ0n) is 6.31. The van der Waals surface area contributed by atoms with Crippen molar-refractivity contribution in [1.82, 2.24) is 0 Å². The zero-order valence-corrected chi connectivity index (χ0v) is 9.98. The number of hydrogen-bond donors (Lipinski definition) is 0. The predicted molar refractivity (Wildman–Crippen MR) is 31.3 cm³/mol. The van der Waals surface area contributed by atoms with E-state index in [0.29, 0.717) is 0 Å². The summed E-state index contributed by atoms with van der Waals surface area (Å²) >= 11 is 2.65. The first kappa shape index (κ1) is 17.9. The van der Waals surface area contributed by atoms with Crippen molar-refractivity contribution >= 4 is 0 Å². The first-order chi connectivity index (χ1) is 3.60. The van der Waals surface area contributed by atoms with Gasteiger partial charge in [0.15, 0.2) is 0 Å². The second kappa shape index (κ2) is 6.45. The normalized spacial score (nSPS) is 26.0. The Balaban J connectivity index is -0.000000213. The molecule has 0 saturated heterocycles. The molecule has 0 aromatic heterocycles. The summed E-state index contributed by atoms with van der Waals surface area (Å²) in [5.41, 5.74) is 1.37. The van der Waals surface area contributed by atoms with Crippen LogP contribution in [-0.4, -0.2) is 0 Å². The Morgan fingerprint density at radius 1 is 1.27 bits per heavy atom. The number of halogens is 3. The Bertz CT molecular complexity index is 161. The smallest absolute Gasteiger partial charge is 1.00 e. The van der Waals surface area contributed by atoms with Crippen molar-refractivity contribution in [3.8, 4) is 0 Å². The van der Waals surface area contributed by atoms with Gasteiger partial charge in [-0.05, 0) is 0 Å². The second-order valence-electron chi connectivity index (χ2n) is 2.45. The maximum atomic E-state index is 2.65. The maximum Gasteiger partial charge on any atom is -1.00 e. The van der Waals surface area contributed by atoms with Gasteiger partial charge in [-0.3, -0.25) is 0 Å². The molecule has 1 aliphatic carbocycles. The molecule has 0 bridgehead atoms. The van der Waals surface area contributed by atoms with Gasteiger partial charge in [-0.25, -0.2) is 0 Å². The molecule has 1 aliphatic rings. The van der Waals surface area contributed by atoms with Crippen molar-refractivity contribution in [1.29, 1.82) is 0 Å². The van der Waals surface area contributed by atoms with Crippen molar-refractivity contribution < 1.29 is 54.6 Å². The minimum absolute atomic E-state index is 0. The number of hydrogen-bond acceptors (Lipinski definition) is 0. The van der Waals surface area contributed by atoms with Gasteiger partial charge in [-0.1, -0.05) is 0 Å². The Labute approximate surface area is 96.1 Å². The SMILES string of the molecule is CC1=C[C](C)([V+3])C=C1.[Cl-].[Cl-].[Cl-]. The summed E-state index contributed by atoms with van der Waals surface area (Å²) in [5, 5.41) is 0. The molecule has 0 saturated carbocycles. The molecule has 0 N–H and O–H groups in total. The first-order valence-corrected chi connectivity index (χ1v) is 3.41. The van der Waals surface area contributed by atoms with Crippen LogP contribution in [0.4, 0.5) is 0 Å². The van der Waals surface area contributed by atoms with Crippen LogP contribution in [-0.2, 0) is 17.4 Å². The maximum absolute atomic E-state index is 2.65. The van der Waals surface area contributed by atoms with Crippen LogP contribution in [0.25, 0.3) is 0 Å². The van der Waals surface area contributed by atoms with E-state index in [0.717, 1.165) is 0 Å². The summed E-state index contributed by atoms with van der Waals surface area (Å²) in [6.07, 6.45) is 6.59. The summed E-state index contributed by atoms with van der Waals surface area (Å²) in [7, 11) is 0. The monoisotopic (exact) mass is 249 g/mol. The first-order valence-electron chi connectivity index (χ1n) is 2.71. The minimum atomic E-state index is 0. The van der Waals surface area contributed by atoms with Gasteiger partial charge in [0.05, 0.1) is 0 Å². The van der Waals surface area contributed by atoms with Crippen LogP contribution in [0.15, 0.2) is 23.8 Å². The number of rotatable bonds is 0. The van der Waals surface area contributed by atoms with Gasteiger partial charge in [0.2, 0.25) is 0 Å². The third kappa shape index (κ3) is 6.13. The van der Waals surface area contributed by atoms with E-state index in [1.165, 1.54) is 5.57 Å². The summed E-state index contributed by atoms with van der Waals surface area (Å²) in [4.78, 5) is 0. The van der Waals surface area contributed by atoms with Gasteiger partial charge in [0, 0.05) is 0 Å². The van der Waals surface area contributed by atoms with E-state index < -0.39 is 0 Å². The molecular formula is C7H9Cl3V. The molecule has 0 radical (unpaired) electrons. The van der Waals surface area contributed by atoms with Crippen molar-refractivity contribution in [3.63, 3.8) is 0 Å². The van der Waals surface area contributed by atoms with Crippen LogP contribution >= 0.6 is 0 Å². The molecule has 0 heterocycles. The van der Waals surface area contributed by atoms with E-state index in [1.54, 1.807) is 0 Å². The third-order valence-electron chi connectivity index (χ3n) is 1.20. The molecule has 1 rings (SSSR count). The van der Waals surface area contributed by atoms with Crippen LogP contribution in [0.5, 0.6) is 0 Å². The van der Waals surface area contributed by atoms with Crippen molar-refractivity contribution in [2.75, 3.05) is 0 Å². The summed E-state index contributed by atoms with van der Waals surface area (Å²) < 4.78 is 0.261. The number of allylic oxidation sites excluding steroid dienone is 4. The Morgan fingerprint density at radius 2 is 1.73 bits per heavy atom. The van der Waals surface area contributed by atoms with E-state index in [-0.39, 0.29) is 41.3 Å². The Morgan fingerprint density at radius 3 is 1.82 bits per heavy atom. The van der Waals surface area contributed by atoms with Gasteiger partial charge in [-0.15, -0.1) is 0 Å². The van der Waals surface area contributed by atoms with Gasteiger partial charge in [-0.2, -0.15) is 0 Å². The van der Waals surface area contributed by atoms with Crippen molar-refractivity contribution in [2.45, 2.75) is 18.0 Å². The molecule has 0 aromatic rings. The summed E-state index contributed by atoms with van der Waals surface area (Å²) in [5.74, 6) is 0. The van der Waals surface area contributed by atoms with Crippen LogP contribution < -0.4 is 37.2 Å². The average molecular weight is 250 g/mol. The van der Waals surface area contributed by atoms with E-state index in [1.807, 2.05) is 0 Å². The topological polar surface area (TPSA) is 0 Å². The third-order valence-corrected chi connectivity index (χ3v) is 1.64. The fourth-order valence-electron chi connectivity index (χ4n) is 0.857. The second-order valence-corrected chi connectivity index (χ2v) is 3.95. The van der Waals surface area contributed by atoms with Crippen molar-refractivity contribution in [3.05, 3.63) is 23.8 Å². The molecule has 0 nitrogen and oxygen atoms in total. The quantitative estimate of drug-likeness (QED) is 0.401. The van der Waals surface area contributed by atoms with Gasteiger partial charge < -0.3 is 37.2 Å². The summed E-state index contributed by atoms with van der Waals surface area (Å²) in [6, 6.07) is 0. The molecular weight excluding hydrogens is 241 g/mol. The van der Waals surface area contributed by atoms with Gasteiger partial charge in [0.1, 0.15) is 0 Å². The average Bonchev–Trinajstić information content (AvgIpc) is 1.82. The van der Waals surface area contributed by atoms with E-state index in [9.17, 15) is 0 Å². The Hall–Kier alpha value is 0.934. The van der Waals surface area contributed by atoms with Crippen LogP contribution in [0.3, 0.4) is 0 Å². The van der Waals surface area contributed by atoms with Gasteiger partial charge >= 0.3 is 59.2 Å². The molecule has 11 heavy (non-hydrogen) atoms. The molecule has 4 heteroatoms. The van der Waals surface area contributed by atoms with Gasteiger partial charge in [0.25, 0.3) is 0 Å². The van der Waals surface area contributed by atoms with Crippen LogP contribution in [0.1, 0.15) is 13.8 Å². The predicted octanol–water partition coefficient (Wildman–Crippen LogP) is -6.76. The molecule has 1 atom stereocenters. The Kier molecular flexibility index (Phi) is 10.5. The molecule has 0 aliphatic heterocycles. The molecule has 1 unspecified atom stereocenters.